The Hall–Kier alpha value is -2.54. The summed E-state index contributed by atoms with van der Waals surface area (Å²) < 4.78 is 0.875. The summed E-state index contributed by atoms with van der Waals surface area (Å²) in [5.41, 5.74) is 1.09. The third kappa shape index (κ3) is 6.11. The summed E-state index contributed by atoms with van der Waals surface area (Å²) in [4.78, 5) is 39.9. The molecule has 7 heteroatoms. The molecule has 0 bridgehead atoms. The molecule has 6 nitrogen and oxygen atoms in total. The first-order chi connectivity index (χ1) is 12.0. The van der Waals surface area contributed by atoms with Gasteiger partial charge in [0.05, 0.1) is 17.9 Å². The van der Waals surface area contributed by atoms with Crippen molar-refractivity contribution in [2.75, 3.05) is 5.32 Å². The summed E-state index contributed by atoms with van der Waals surface area (Å²) in [5, 5.41) is 5.27. The molecule has 0 radical (unpaired) electrons. The number of benzene rings is 1. The van der Waals surface area contributed by atoms with E-state index in [9.17, 15) is 14.4 Å². The quantitative estimate of drug-likeness (QED) is 0.695. The molecule has 2 aromatic rings. The minimum absolute atomic E-state index is 0.00402. The fraction of sp³-hybridized carbons (Fsp3) is 0.222. The minimum atomic E-state index is -0.657. The molecule has 2 N–H and O–H groups in total. The van der Waals surface area contributed by atoms with Crippen molar-refractivity contribution >= 4 is 39.2 Å². The number of carbonyl (C=O) groups excluding carboxylic acids is 3. The number of aromatic nitrogens is 1. The summed E-state index contributed by atoms with van der Waals surface area (Å²) >= 11 is 3.31. The molecule has 0 aliphatic heterocycles. The van der Waals surface area contributed by atoms with Gasteiger partial charge in [0.2, 0.25) is 11.8 Å². The maximum Gasteiger partial charge on any atom is 0.224 e. The molecular weight excluding hydrogens is 386 g/mol. The third-order valence-corrected chi connectivity index (χ3v) is 3.95. The maximum absolute atomic E-state index is 12.3. The molecule has 1 aromatic carbocycles. The fourth-order valence-electron chi connectivity index (χ4n) is 2.13. The molecule has 2 rings (SSSR count). The van der Waals surface area contributed by atoms with Crippen LogP contribution in [0, 0.1) is 0 Å². The Morgan fingerprint density at radius 2 is 1.76 bits per heavy atom. The average Bonchev–Trinajstić information content (AvgIpc) is 2.61. The Morgan fingerprint density at radius 3 is 2.40 bits per heavy atom. The number of hydrogen-bond donors (Lipinski definition) is 2. The molecule has 0 aliphatic rings. The monoisotopic (exact) mass is 403 g/mol. The van der Waals surface area contributed by atoms with Crippen LogP contribution in [0.2, 0.25) is 0 Å². The van der Waals surface area contributed by atoms with Crippen LogP contribution in [-0.4, -0.2) is 28.6 Å². The van der Waals surface area contributed by atoms with Crippen LogP contribution in [0.5, 0.6) is 0 Å². The van der Waals surface area contributed by atoms with Crippen molar-refractivity contribution in [2.24, 2.45) is 0 Å². The Labute approximate surface area is 154 Å². The number of nitrogens with zero attached hydrogens (tertiary/aromatic N) is 1. The summed E-state index contributed by atoms with van der Waals surface area (Å²) in [6, 6.07) is 9.68. The molecule has 0 unspecified atom stereocenters. The number of rotatable bonds is 7. The van der Waals surface area contributed by atoms with Gasteiger partial charge < -0.3 is 10.6 Å². The second-order valence-corrected chi connectivity index (χ2v) is 6.37. The van der Waals surface area contributed by atoms with Crippen molar-refractivity contribution in [3.05, 3.63) is 58.8 Å². The molecule has 1 atom stereocenters. The van der Waals surface area contributed by atoms with Gasteiger partial charge in [0.15, 0.2) is 5.78 Å². The number of nitrogens with one attached hydrogen (secondary N) is 2. The van der Waals surface area contributed by atoms with E-state index in [4.69, 9.17) is 0 Å². The minimum Gasteiger partial charge on any atom is -0.346 e. The van der Waals surface area contributed by atoms with Crippen molar-refractivity contribution in [3.63, 3.8) is 0 Å². The van der Waals surface area contributed by atoms with E-state index in [1.165, 1.54) is 6.20 Å². The van der Waals surface area contributed by atoms with Gasteiger partial charge in [-0.2, -0.15) is 0 Å². The summed E-state index contributed by atoms with van der Waals surface area (Å²) in [7, 11) is 0. The average molecular weight is 404 g/mol. The highest BCUT2D eigenvalue weighted by molar-refractivity contribution is 9.10. The zero-order valence-electron chi connectivity index (χ0n) is 13.7. The lowest BCUT2D eigenvalue weighted by molar-refractivity contribution is -0.124. The van der Waals surface area contributed by atoms with E-state index < -0.39 is 6.04 Å². The van der Waals surface area contributed by atoms with E-state index in [0.717, 1.165) is 4.47 Å². The lowest BCUT2D eigenvalue weighted by Gasteiger charge is -2.13. The van der Waals surface area contributed by atoms with Crippen molar-refractivity contribution in [1.82, 2.24) is 10.3 Å². The molecule has 2 amide bonds. The van der Waals surface area contributed by atoms with Crippen LogP contribution in [0.3, 0.4) is 0 Å². The number of pyridine rings is 1. The normalized spacial score (nSPS) is 11.4. The van der Waals surface area contributed by atoms with E-state index >= 15 is 0 Å². The van der Waals surface area contributed by atoms with Crippen LogP contribution in [0.25, 0.3) is 0 Å². The number of Topliss-reactive ketones (excluding diaryl/α,β-unsaturated/α-hetero) is 1. The highest BCUT2D eigenvalue weighted by Gasteiger charge is 2.17. The van der Waals surface area contributed by atoms with Crippen LogP contribution < -0.4 is 10.6 Å². The molecule has 1 heterocycles. The van der Waals surface area contributed by atoms with Gasteiger partial charge in [-0.3, -0.25) is 19.4 Å². The molecule has 0 aliphatic carbocycles. The van der Waals surface area contributed by atoms with Gasteiger partial charge in [0.25, 0.3) is 0 Å². The topological polar surface area (TPSA) is 88.2 Å². The number of amides is 2. The van der Waals surface area contributed by atoms with Crippen molar-refractivity contribution in [2.45, 2.75) is 25.8 Å². The lowest BCUT2D eigenvalue weighted by atomic mass is 10.1. The molecule has 0 saturated carbocycles. The molecule has 0 fully saturated rings. The van der Waals surface area contributed by atoms with E-state index in [1.54, 1.807) is 49.5 Å². The Bertz CT molecular complexity index is 748. The zero-order chi connectivity index (χ0) is 18.2. The van der Waals surface area contributed by atoms with Crippen molar-refractivity contribution in [3.8, 4) is 0 Å². The first kappa shape index (κ1) is 18.8. The van der Waals surface area contributed by atoms with Gasteiger partial charge in [-0.05, 0) is 31.2 Å². The maximum atomic E-state index is 12.3. The lowest BCUT2D eigenvalue weighted by Crippen LogP contribution is -2.38. The summed E-state index contributed by atoms with van der Waals surface area (Å²) in [5.74, 6) is -0.810. The van der Waals surface area contributed by atoms with Crippen molar-refractivity contribution in [1.29, 1.82) is 0 Å². The van der Waals surface area contributed by atoms with Gasteiger partial charge >= 0.3 is 0 Å². The molecule has 1 aromatic heterocycles. The molecule has 130 valence electrons. The van der Waals surface area contributed by atoms with Gasteiger partial charge in [0, 0.05) is 29.1 Å². The van der Waals surface area contributed by atoms with E-state index in [2.05, 4.69) is 31.5 Å². The first-order valence-electron chi connectivity index (χ1n) is 7.74. The van der Waals surface area contributed by atoms with Gasteiger partial charge in [-0.25, -0.2) is 0 Å². The van der Waals surface area contributed by atoms with Crippen LogP contribution in [-0.2, 0) is 9.59 Å². The molecule has 25 heavy (non-hydrogen) atoms. The summed E-state index contributed by atoms with van der Waals surface area (Å²) in [6.07, 6.45) is 3.16. The highest BCUT2D eigenvalue weighted by atomic mass is 79.9. The highest BCUT2D eigenvalue weighted by Crippen LogP contribution is 2.12. The van der Waals surface area contributed by atoms with E-state index in [-0.39, 0.29) is 30.4 Å². The van der Waals surface area contributed by atoms with E-state index in [0.29, 0.717) is 11.3 Å². The second-order valence-electron chi connectivity index (χ2n) is 5.45. The number of carbonyl (C=O) groups is 3. The van der Waals surface area contributed by atoms with Gasteiger partial charge in [0.1, 0.15) is 0 Å². The number of ketones is 1. The second kappa shape index (κ2) is 9.08. The third-order valence-electron chi connectivity index (χ3n) is 3.42. The summed E-state index contributed by atoms with van der Waals surface area (Å²) in [6.45, 7) is 1.62. The van der Waals surface area contributed by atoms with Gasteiger partial charge in [-0.15, -0.1) is 0 Å². The largest absolute Gasteiger partial charge is 0.346 e. The molecular formula is C18H18BrN3O3. The van der Waals surface area contributed by atoms with Crippen LogP contribution >= 0.6 is 15.9 Å². The first-order valence-corrected chi connectivity index (χ1v) is 8.54. The van der Waals surface area contributed by atoms with Gasteiger partial charge in [-0.1, -0.05) is 28.1 Å². The predicted octanol–water partition coefficient (Wildman–Crippen LogP) is 2.95. The van der Waals surface area contributed by atoms with Crippen LogP contribution in [0.1, 0.15) is 30.1 Å². The Kier molecular flexibility index (Phi) is 6.82. The van der Waals surface area contributed by atoms with E-state index in [1.807, 2.05) is 0 Å². The standard InChI is InChI=1S/C18H18BrN3O3/c1-12(18(25)13-4-6-14(19)7-5-13)21-16(23)8-9-17(24)22-15-3-2-10-20-11-15/h2-7,10-12H,8-9H2,1H3,(H,21,23)(H,22,24)/t12-/m1/s1. The smallest absolute Gasteiger partial charge is 0.224 e. The van der Waals surface area contributed by atoms with Crippen molar-refractivity contribution < 1.29 is 14.4 Å². The number of anilines is 1. The molecule has 0 spiro atoms. The number of halogens is 1. The Balaban J connectivity index is 1.78. The predicted molar refractivity (Wildman–Crippen MR) is 98.2 cm³/mol. The zero-order valence-corrected chi connectivity index (χ0v) is 15.2. The number of hydrogen-bond acceptors (Lipinski definition) is 4. The fourth-order valence-corrected chi connectivity index (χ4v) is 2.39. The van der Waals surface area contributed by atoms with Crippen LogP contribution in [0.4, 0.5) is 5.69 Å². The molecule has 0 saturated heterocycles. The van der Waals surface area contributed by atoms with Crippen LogP contribution in [0.15, 0.2) is 53.3 Å². The Morgan fingerprint density at radius 1 is 1.08 bits per heavy atom. The SMILES string of the molecule is C[C@@H](NC(=O)CCC(=O)Nc1cccnc1)C(=O)c1ccc(Br)cc1.